The number of benzene rings is 1. The van der Waals surface area contributed by atoms with Gasteiger partial charge in [-0.2, -0.15) is 0 Å². The zero-order valence-electron chi connectivity index (χ0n) is 10.8. The second-order valence-corrected chi connectivity index (χ2v) is 6.70. The molecule has 0 heterocycles. The van der Waals surface area contributed by atoms with Gasteiger partial charge in [0.05, 0.1) is 0 Å². The normalized spacial score (nSPS) is 25.2. The number of halogens is 1. The quantitative estimate of drug-likeness (QED) is 0.740. The Morgan fingerprint density at radius 3 is 2.29 bits per heavy atom. The molecule has 1 aromatic carbocycles. The van der Waals surface area contributed by atoms with Crippen LogP contribution in [-0.2, 0) is 6.54 Å². The molecule has 2 heteroatoms. The van der Waals surface area contributed by atoms with E-state index in [1.807, 2.05) is 0 Å². The Balaban J connectivity index is 1.88. The summed E-state index contributed by atoms with van der Waals surface area (Å²) in [5, 5.41) is 0. The van der Waals surface area contributed by atoms with Crippen LogP contribution in [0.5, 0.6) is 0 Å². The lowest BCUT2D eigenvalue weighted by atomic mass is 9.86. The van der Waals surface area contributed by atoms with Crippen molar-refractivity contribution in [2.45, 2.75) is 45.2 Å². The van der Waals surface area contributed by atoms with Gasteiger partial charge in [0.2, 0.25) is 0 Å². The van der Waals surface area contributed by atoms with E-state index in [-0.39, 0.29) is 0 Å². The lowest BCUT2D eigenvalue weighted by Crippen LogP contribution is -2.34. The molecule has 1 nitrogen and oxygen atoms in total. The highest BCUT2D eigenvalue weighted by atomic mass is 127. The predicted molar refractivity (Wildman–Crippen MR) is 82.0 cm³/mol. The lowest BCUT2D eigenvalue weighted by Gasteiger charge is -2.33. The summed E-state index contributed by atoms with van der Waals surface area (Å²) in [6.07, 6.45) is 5.56. The summed E-state index contributed by atoms with van der Waals surface area (Å²) in [4.78, 5) is 2.54. The standard InChI is InChI=1S/C15H22IN/c1-12-3-9-15(10-4-12)17(2)11-13-5-7-14(16)8-6-13/h5-8,12,15H,3-4,9-11H2,1-2H3. The van der Waals surface area contributed by atoms with Crippen LogP contribution in [0.3, 0.4) is 0 Å². The summed E-state index contributed by atoms with van der Waals surface area (Å²) in [5.41, 5.74) is 1.44. The van der Waals surface area contributed by atoms with E-state index >= 15 is 0 Å². The van der Waals surface area contributed by atoms with Gasteiger partial charge in [0.25, 0.3) is 0 Å². The fourth-order valence-corrected chi connectivity index (χ4v) is 3.05. The number of hydrogen-bond acceptors (Lipinski definition) is 1. The van der Waals surface area contributed by atoms with Gasteiger partial charge in [0.15, 0.2) is 0 Å². The minimum Gasteiger partial charge on any atom is -0.299 e. The van der Waals surface area contributed by atoms with Crippen LogP contribution >= 0.6 is 22.6 Å². The Morgan fingerprint density at radius 1 is 1.12 bits per heavy atom. The van der Waals surface area contributed by atoms with Gasteiger partial charge in [-0.3, -0.25) is 4.90 Å². The molecule has 1 fully saturated rings. The van der Waals surface area contributed by atoms with E-state index < -0.39 is 0 Å². The van der Waals surface area contributed by atoms with Crippen LogP contribution < -0.4 is 0 Å². The second-order valence-electron chi connectivity index (χ2n) is 5.46. The van der Waals surface area contributed by atoms with Gasteiger partial charge >= 0.3 is 0 Å². The fourth-order valence-electron chi connectivity index (χ4n) is 2.69. The van der Waals surface area contributed by atoms with Crippen molar-refractivity contribution >= 4 is 22.6 Å². The maximum atomic E-state index is 2.54. The van der Waals surface area contributed by atoms with Crippen molar-refractivity contribution in [1.82, 2.24) is 4.90 Å². The first-order chi connectivity index (χ1) is 8.15. The second kappa shape index (κ2) is 6.19. The van der Waals surface area contributed by atoms with Gasteiger partial charge in [0, 0.05) is 16.2 Å². The van der Waals surface area contributed by atoms with Gasteiger partial charge in [0.1, 0.15) is 0 Å². The van der Waals surface area contributed by atoms with Crippen molar-refractivity contribution in [1.29, 1.82) is 0 Å². The third-order valence-electron chi connectivity index (χ3n) is 3.95. The average Bonchev–Trinajstić information content (AvgIpc) is 2.33. The van der Waals surface area contributed by atoms with Crippen molar-refractivity contribution in [3.63, 3.8) is 0 Å². The third kappa shape index (κ3) is 3.95. The molecule has 0 aliphatic heterocycles. The first-order valence-corrected chi connectivity index (χ1v) is 7.67. The molecule has 0 amide bonds. The SMILES string of the molecule is CC1CCC(N(C)Cc2ccc(I)cc2)CC1. The molecule has 2 rings (SSSR count). The molecule has 0 atom stereocenters. The van der Waals surface area contributed by atoms with Gasteiger partial charge in [-0.25, -0.2) is 0 Å². The molecule has 0 unspecified atom stereocenters. The fraction of sp³-hybridized carbons (Fsp3) is 0.600. The average molecular weight is 343 g/mol. The Morgan fingerprint density at radius 2 is 1.71 bits per heavy atom. The Hall–Kier alpha value is -0.0900. The first kappa shape index (κ1) is 13.3. The van der Waals surface area contributed by atoms with E-state index in [1.54, 1.807) is 0 Å². The zero-order valence-corrected chi connectivity index (χ0v) is 13.0. The van der Waals surface area contributed by atoms with Crippen molar-refractivity contribution in [2.75, 3.05) is 7.05 Å². The summed E-state index contributed by atoms with van der Waals surface area (Å²) in [6.45, 7) is 3.48. The molecule has 0 bridgehead atoms. The van der Waals surface area contributed by atoms with Crippen molar-refractivity contribution in [2.24, 2.45) is 5.92 Å². The molecular formula is C15H22IN. The highest BCUT2D eigenvalue weighted by Gasteiger charge is 2.21. The van der Waals surface area contributed by atoms with Crippen LogP contribution in [-0.4, -0.2) is 18.0 Å². The lowest BCUT2D eigenvalue weighted by molar-refractivity contribution is 0.164. The summed E-state index contributed by atoms with van der Waals surface area (Å²) in [7, 11) is 2.28. The molecule has 0 saturated heterocycles. The summed E-state index contributed by atoms with van der Waals surface area (Å²) in [5.74, 6) is 0.943. The van der Waals surface area contributed by atoms with Crippen LogP contribution in [0.4, 0.5) is 0 Å². The highest BCUT2D eigenvalue weighted by Crippen LogP contribution is 2.27. The van der Waals surface area contributed by atoms with Gasteiger partial charge in [-0.15, -0.1) is 0 Å². The molecule has 0 spiro atoms. The first-order valence-electron chi connectivity index (χ1n) is 6.60. The van der Waals surface area contributed by atoms with Crippen LogP contribution in [0.1, 0.15) is 38.2 Å². The van der Waals surface area contributed by atoms with E-state index in [1.165, 1.54) is 34.8 Å². The molecule has 17 heavy (non-hydrogen) atoms. The van der Waals surface area contributed by atoms with Crippen LogP contribution in [0.15, 0.2) is 24.3 Å². The largest absolute Gasteiger partial charge is 0.299 e. The molecule has 1 saturated carbocycles. The Kier molecular flexibility index (Phi) is 4.86. The maximum Gasteiger partial charge on any atom is 0.0233 e. The number of nitrogens with zero attached hydrogens (tertiary/aromatic N) is 1. The van der Waals surface area contributed by atoms with E-state index in [0.29, 0.717) is 0 Å². The minimum absolute atomic E-state index is 0.797. The van der Waals surface area contributed by atoms with Crippen LogP contribution in [0, 0.1) is 9.49 Å². The molecule has 1 aliphatic carbocycles. The molecular weight excluding hydrogens is 321 g/mol. The summed E-state index contributed by atoms with van der Waals surface area (Å²) in [6, 6.07) is 9.71. The van der Waals surface area contributed by atoms with Crippen molar-refractivity contribution in [3.8, 4) is 0 Å². The third-order valence-corrected chi connectivity index (χ3v) is 4.67. The topological polar surface area (TPSA) is 3.24 Å². The van der Waals surface area contributed by atoms with E-state index in [9.17, 15) is 0 Å². The summed E-state index contributed by atoms with van der Waals surface area (Å²) < 4.78 is 1.32. The predicted octanol–water partition coefficient (Wildman–Crippen LogP) is 4.30. The number of rotatable bonds is 3. The molecule has 0 aromatic heterocycles. The van der Waals surface area contributed by atoms with Crippen molar-refractivity contribution in [3.05, 3.63) is 33.4 Å². The van der Waals surface area contributed by atoms with Crippen molar-refractivity contribution < 1.29 is 0 Å². The van der Waals surface area contributed by atoms with Gasteiger partial charge in [-0.1, -0.05) is 19.1 Å². The highest BCUT2D eigenvalue weighted by molar-refractivity contribution is 14.1. The smallest absolute Gasteiger partial charge is 0.0233 e. The maximum absolute atomic E-state index is 2.54. The summed E-state index contributed by atoms with van der Waals surface area (Å²) >= 11 is 2.36. The van der Waals surface area contributed by atoms with Crippen LogP contribution in [0.2, 0.25) is 0 Å². The minimum atomic E-state index is 0.797. The van der Waals surface area contributed by atoms with Crippen LogP contribution in [0.25, 0.3) is 0 Å². The Bertz CT molecular complexity index is 338. The molecule has 1 aromatic rings. The molecule has 0 radical (unpaired) electrons. The molecule has 0 N–H and O–H groups in total. The van der Waals surface area contributed by atoms with E-state index in [2.05, 4.69) is 65.7 Å². The zero-order chi connectivity index (χ0) is 12.3. The van der Waals surface area contributed by atoms with E-state index in [4.69, 9.17) is 0 Å². The molecule has 94 valence electrons. The van der Waals surface area contributed by atoms with Gasteiger partial charge in [-0.05, 0) is 78.9 Å². The van der Waals surface area contributed by atoms with E-state index in [0.717, 1.165) is 18.5 Å². The Labute approximate surface area is 119 Å². The molecule has 1 aliphatic rings. The van der Waals surface area contributed by atoms with Gasteiger partial charge < -0.3 is 0 Å². The monoisotopic (exact) mass is 343 g/mol. The number of hydrogen-bond donors (Lipinski definition) is 0.